The quantitative estimate of drug-likeness (QED) is 0.281. The number of benzene rings is 1. The summed E-state index contributed by atoms with van der Waals surface area (Å²) in [6.07, 6.45) is 1.67. The monoisotopic (exact) mass is 378 g/mol. The Labute approximate surface area is 152 Å². The van der Waals surface area contributed by atoms with E-state index in [1.54, 1.807) is 19.2 Å². The zero-order chi connectivity index (χ0) is 17.8. The summed E-state index contributed by atoms with van der Waals surface area (Å²) in [6, 6.07) is 3.16. The third-order valence-electron chi connectivity index (χ3n) is 3.21. The number of anilines is 1. The van der Waals surface area contributed by atoms with Gasteiger partial charge in [-0.3, -0.25) is 0 Å². The van der Waals surface area contributed by atoms with Gasteiger partial charge in [-0.1, -0.05) is 11.6 Å². The molecule has 0 radical (unpaired) electrons. The van der Waals surface area contributed by atoms with Crippen molar-refractivity contribution in [2.75, 3.05) is 18.7 Å². The van der Waals surface area contributed by atoms with Crippen LogP contribution in [0, 0.1) is 6.92 Å². The predicted octanol–water partition coefficient (Wildman–Crippen LogP) is 4.58. The molecule has 0 aliphatic heterocycles. The summed E-state index contributed by atoms with van der Waals surface area (Å²) in [5, 5.41) is 22.8. The lowest BCUT2D eigenvalue weighted by Crippen LogP contribution is -2.05. The smallest absolute Gasteiger partial charge is 0.178 e. The maximum atomic E-state index is 9.99. The first kappa shape index (κ1) is 17.5. The fourth-order valence-electron chi connectivity index (χ4n) is 2.00. The Hall–Kier alpha value is -2.36. The summed E-state index contributed by atoms with van der Waals surface area (Å²) in [4.78, 5) is 8.39. The Morgan fingerprint density at radius 2 is 2.20 bits per heavy atom. The molecule has 2 N–H and O–H groups in total. The summed E-state index contributed by atoms with van der Waals surface area (Å²) in [6.45, 7) is 4.48. The molecule has 1 aromatic carbocycles. The number of ether oxygens (including phenoxy) is 1. The average Bonchev–Trinajstić information content (AvgIpc) is 2.99. The number of nitrogens with zero attached hydrogens (tertiary/aromatic N) is 5. The number of aryl methyl sites for hydroxylation is 1. The fourth-order valence-corrected chi connectivity index (χ4v) is 2.84. The fraction of sp³-hybridized carbons (Fsp3) is 0.267. The number of rotatable bonds is 6. The second kappa shape index (κ2) is 7.68. The van der Waals surface area contributed by atoms with Crippen molar-refractivity contribution in [2.45, 2.75) is 13.8 Å². The highest BCUT2D eigenvalue weighted by molar-refractivity contribution is 7.11. The van der Waals surface area contributed by atoms with Crippen LogP contribution in [-0.4, -0.2) is 32.8 Å². The van der Waals surface area contributed by atoms with Gasteiger partial charge in [0, 0.05) is 12.8 Å². The van der Waals surface area contributed by atoms with E-state index in [0.29, 0.717) is 34.5 Å². The molecular weight excluding hydrogens is 364 g/mol. The van der Waals surface area contributed by atoms with Crippen LogP contribution < -0.4 is 5.32 Å². The van der Waals surface area contributed by atoms with Gasteiger partial charge in [-0.25, -0.2) is 9.97 Å². The molecule has 25 heavy (non-hydrogen) atoms. The molecular formula is C15H15ClN6O2S. The van der Waals surface area contributed by atoms with Crippen LogP contribution in [0.1, 0.15) is 12.7 Å². The summed E-state index contributed by atoms with van der Waals surface area (Å²) in [7, 11) is 0. The molecule has 0 saturated carbocycles. The number of aromatic nitrogens is 3. The molecule has 0 aliphatic carbocycles. The van der Waals surface area contributed by atoms with Crippen molar-refractivity contribution in [2.24, 2.45) is 10.2 Å². The molecule has 2 heterocycles. The molecule has 2 aromatic heterocycles. The van der Waals surface area contributed by atoms with Crippen LogP contribution in [0.15, 0.2) is 28.6 Å². The maximum Gasteiger partial charge on any atom is 0.178 e. The molecule has 0 unspecified atom stereocenters. The van der Waals surface area contributed by atoms with E-state index >= 15 is 0 Å². The summed E-state index contributed by atoms with van der Waals surface area (Å²) in [5.41, 5.74) is 1.49. The first-order chi connectivity index (χ1) is 12.1. The predicted molar refractivity (Wildman–Crippen MR) is 97.4 cm³/mol. The van der Waals surface area contributed by atoms with Crippen LogP contribution >= 0.6 is 23.1 Å². The van der Waals surface area contributed by atoms with Gasteiger partial charge in [0.05, 0.1) is 21.8 Å². The van der Waals surface area contributed by atoms with Gasteiger partial charge in [-0.05, 0) is 37.5 Å². The van der Waals surface area contributed by atoms with Crippen molar-refractivity contribution in [3.05, 3.63) is 29.2 Å². The molecule has 0 amide bonds. The van der Waals surface area contributed by atoms with Crippen molar-refractivity contribution >= 4 is 50.5 Å². The number of phenols is 1. The van der Waals surface area contributed by atoms with Gasteiger partial charge in [0.25, 0.3) is 0 Å². The number of aromatic hydroxyl groups is 1. The van der Waals surface area contributed by atoms with Gasteiger partial charge >= 0.3 is 0 Å². The molecule has 0 saturated heterocycles. The Morgan fingerprint density at radius 3 is 3.00 bits per heavy atom. The molecule has 130 valence electrons. The third-order valence-corrected chi connectivity index (χ3v) is 4.24. The van der Waals surface area contributed by atoms with E-state index in [0.717, 1.165) is 5.39 Å². The number of fused-ring (bicyclic) bond motifs is 1. The van der Waals surface area contributed by atoms with Crippen LogP contribution in [0.3, 0.4) is 0 Å². The molecule has 0 fully saturated rings. The van der Waals surface area contributed by atoms with Gasteiger partial charge in [-0.15, -0.1) is 10.2 Å². The van der Waals surface area contributed by atoms with Gasteiger partial charge in [0.2, 0.25) is 0 Å². The minimum atomic E-state index is -0.0626. The van der Waals surface area contributed by atoms with Crippen molar-refractivity contribution in [1.29, 1.82) is 0 Å². The van der Waals surface area contributed by atoms with Gasteiger partial charge in [0.1, 0.15) is 12.6 Å². The third kappa shape index (κ3) is 4.01. The first-order valence-electron chi connectivity index (χ1n) is 7.43. The second-order valence-corrected chi connectivity index (χ2v) is 6.14. The van der Waals surface area contributed by atoms with Crippen molar-refractivity contribution in [1.82, 2.24) is 14.3 Å². The number of phenolic OH excluding ortho intramolecular Hbond substituents is 1. The van der Waals surface area contributed by atoms with E-state index in [-0.39, 0.29) is 17.5 Å². The zero-order valence-corrected chi connectivity index (χ0v) is 15.1. The topological polar surface area (TPSA) is 105 Å². The average molecular weight is 379 g/mol. The van der Waals surface area contributed by atoms with Gasteiger partial charge in [-0.2, -0.15) is 4.37 Å². The summed E-state index contributed by atoms with van der Waals surface area (Å²) >= 11 is 7.23. The number of hydrogen-bond acceptors (Lipinski definition) is 9. The van der Waals surface area contributed by atoms with Crippen molar-refractivity contribution < 1.29 is 9.84 Å². The lowest BCUT2D eigenvalue weighted by atomic mass is 10.2. The zero-order valence-electron chi connectivity index (χ0n) is 13.5. The van der Waals surface area contributed by atoms with Crippen LogP contribution in [0.25, 0.3) is 11.0 Å². The highest BCUT2D eigenvalue weighted by atomic mass is 35.5. The maximum absolute atomic E-state index is 9.99. The van der Waals surface area contributed by atoms with E-state index in [4.69, 9.17) is 16.3 Å². The lowest BCUT2D eigenvalue weighted by molar-refractivity contribution is 0.166. The van der Waals surface area contributed by atoms with E-state index in [2.05, 4.69) is 29.9 Å². The second-order valence-electron chi connectivity index (χ2n) is 4.98. The molecule has 0 atom stereocenters. The van der Waals surface area contributed by atoms with Crippen LogP contribution in [-0.2, 0) is 4.74 Å². The van der Waals surface area contributed by atoms with Crippen molar-refractivity contribution in [3.8, 4) is 5.75 Å². The highest BCUT2D eigenvalue weighted by Crippen LogP contribution is 2.37. The molecule has 3 aromatic rings. The SMILES string of the molecule is CCOCNc1cc(/N=N/c2snc3nc(C)ncc23)cc(Cl)c1O. The van der Waals surface area contributed by atoms with Crippen molar-refractivity contribution in [3.63, 3.8) is 0 Å². The minimum absolute atomic E-state index is 0.0626. The van der Waals surface area contributed by atoms with Gasteiger partial charge in [0.15, 0.2) is 16.4 Å². The lowest BCUT2D eigenvalue weighted by Gasteiger charge is -2.10. The molecule has 0 aliphatic rings. The number of halogens is 1. The van der Waals surface area contributed by atoms with E-state index in [1.165, 1.54) is 17.6 Å². The Balaban J connectivity index is 1.87. The van der Waals surface area contributed by atoms with Gasteiger partial charge < -0.3 is 15.2 Å². The van der Waals surface area contributed by atoms with Crippen LogP contribution in [0.5, 0.6) is 5.75 Å². The van der Waals surface area contributed by atoms with E-state index in [1.807, 2.05) is 6.92 Å². The molecule has 0 bridgehead atoms. The van der Waals surface area contributed by atoms with Crippen LogP contribution in [0.2, 0.25) is 5.02 Å². The molecule has 3 rings (SSSR count). The van der Waals surface area contributed by atoms with Crippen LogP contribution in [0.4, 0.5) is 16.4 Å². The highest BCUT2D eigenvalue weighted by Gasteiger charge is 2.10. The van der Waals surface area contributed by atoms with E-state index in [9.17, 15) is 5.11 Å². The number of nitrogens with one attached hydrogen (secondary N) is 1. The first-order valence-corrected chi connectivity index (χ1v) is 8.58. The number of hydrogen-bond donors (Lipinski definition) is 2. The molecule has 10 heteroatoms. The van der Waals surface area contributed by atoms with E-state index < -0.39 is 0 Å². The standard InChI is InChI=1S/C15H15ClN6O2S/c1-3-24-7-18-12-5-9(4-11(16)13(12)23)20-21-15-10-6-17-8(2)19-14(10)22-25-15/h4-6,18,23H,3,7H2,1-2H3/b21-20+. The Morgan fingerprint density at radius 1 is 1.36 bits per heavy atom. The minimum Gasteiger partial charge on any atom is -0.504 e. The largest absolute Gasteiger partial charge is 0.504 e. The Kier molecular flexibility index (Phi) is 5.37. The molecule has 0 spiro atoms. The molecule has 8 nitrogen and oxygen atoms in total. The normalized spacial score (nSPS) is 11.5. The summed E-state index contributed by atoms with van der Waals surface area (Å²) in [5.74, 6) is 0.587. The number of azo groups is 1. The summed E-state index contributed by atoms with van der Waals surface area (Å²) < 4.78 is 9.44. The Bertz CT molecular complexity index is 930.